The Balaban J connectivity index is 0.00000144. The van der Waals surface area contributed by atoms with Crippen LogP contribution >= 0.6 is 12.4 Å². The first-order valence-corrected chi connectivity index (χ1v) is 4.84. The lowest BCUT2D eigenvalue weighted by Gasteiger charge is -2.06. The van der Waals surface area contributed by atoms with E-state index in [1.807, 2.05) is 0 Å². The molecule has 17 heavy (non-hydrogen) atoms. The number of anilines is 1. The Bertz CT molecular complexity index is 447. The van der Waals surface area contributed by atoms with Gasteiger partial charge in [0.2, 0.25) is 0 Å². The first-order valence-electron chi connectivity index (χ1n) is 4.84. The molecular weight excluding hydrogens is 246 g/mol. The summed E-state index contributed by atoms with van der Waals surface area (Å²) in [5.74, 6) is -0.558. The number of ether oxygens (including phenoxy) is 2. The van der Waals surface area contributed by atoms with Gasteiger partial charge in [0.25, 0.3) is 11.7 Å². The van der Waals surface area contributed by atoms with Crippen LogP contribution in [0.15, 0.2) is 18.2 Å². The number of halogens is 1. The topological polar surface area (TPSA) is 64.6 Å². The van der Waals surface area contributed by atoms with E-state index in [-0.39, 0.29) is 12.4 Å². The highest BCUT2D eigenvalue weighted by molar-refractivity contribution is 6.51. The maximum atomic E-state index is 11.4. The van der Waals surface area contributed by atoms with Crippen molar-refractivity contribution in [2.24, 2.45) is 0 Å². The van der Waals surface area contributed by atoms with Gasteiger partial charge in [0.05, 0.1) is 17.9 Å². The lowest BCUT2D eigenvalue weighted by atomic mass is 10.1. The largest absolute Gasteiger partial charge is 0.491 e. The molecule has 0 aromatic heterocycles. The molecule has 1 heterocycles. The van der Waals surface area contributed by atoms with Crippen molar-refractivity contribution in [3.05, 3.63) is 23.8 Å². The predicted molar refractivity (Wildman–Crippen MR) is 64.0 cm³/mol. The molecule has 6 heteroatoms. The number of fused-ring (bicyclic) bond motifs is 1. The van der Waals surface area contributed by atoms with Crippen LogP contribution in [0.25, 0.3) is 0 Å². The second-order valence-corrected chi connectivity index (χ2v) is 3.33. The number of rotatable bonds is 4. The third-order valence-electron chi connectivity index (χ3n) is 2.25. The summed E-state index contributed by atoms with van der Waals surface area (Å²) in [6.45, 7) is 0.882. The molecule has 1 N–H and O–H groups in total. The minimum atomic E-state index is -0.593. The number of nitrogens with one attached hydrogen (secondary N) is 1. The van der Waals surface area contributed by atoms with Crippen LogP contribution in [-0.2, 0) is 9.53 Å². The molecule has 0 atom stereocenters. The molecule has 1 aromatic rings. The molecule has 1 aliphatic rings. The van der Waals surface area contributed by atoms with Crippen molar-refractivity contribution in [3.8, 4) is 5.75 Å². The second-order valence-electron chi connectivity index (χ2n) is 3.33. The minimum absolute atomic E-state index is 0. The van der Waals surface area contributed by atoms with Crippen molar-refractivity contribution in [2.45, 2.75) is 0 Å². The molecule has 5 nitrogen and oxygen atoms in total. The van der Waals surface area contributed by atoms with Crippen LogP contribution in [-0.4, -0.2) is 32.0 Å². The molecule has 0 saturated carbocycles. The van der Waals surface area contributed by atoms with E-state index >= 15 is 0 Å². The van der Waals surface area contributed by atoms with Crippen molar-refractivity contribution in [1.82, 2.24) is 0 Å². The Morgan fingerprint density at radius 2 is 2.00 bits per heavy atom. The summed E-state index contributed by atoms with van der Waals surface area (Å²) >= 11 is 0. The summed E-state index contributed by atoms with van der Waals surface area (Å²) < 4.78 is 10.2. The Labute approximate surface area is 105 Å². The SMILES string of the molecule is COCCOc1ccc2c(c1)C(=O)C(=O)N2.Cl. The molecule has 0 unspecified atom stereocenters. The third kappa shape index (κ3) is 2.75. The standard InChI is InChI=1S/C11H11NO4.ClH/c1-15-4-5-16-7-2-3-9-8(6-7)10(13)11(14)12-9;/h2-3,6H,4-5H2,1H3,(H,12,13,14);1H. The van der Waals surface area contributed by atoms with E-state index in [2.05, 4.69) is 5.32 Å². The zero-order chi connectivity index (χ0) is 11.5. The fourth-order valence-corrected chi connectivity index (χ4v) is 1.45. The van der Waals surface area contributed by atoms with E-state index in [1.54, 1.807) is 25.3 Å². The monoisotopic (exact) mass is 257 g/mol. The van der Waals surface area contributed by atoms with Gasteiger partial charge in [-0.25, -0.2) is 0 Å². The molecule has 1 aliphatic heterocycles. The summed E-state index contributed by atoms with van der Waals surface area (Å²) in [6.07, 6.45) is 0. The summed E-state index contributed by atoms with van der Waals surface area (Å²) in [5, 5.41) is 2.47. The van der Waals surface area contributed by atoms with Gasteiger partial charge in [-0.1, -0.05) is 0 Å². The van der Waals surface area contributed by atoms with Gasteiger partial charge in [-0.05, 0) is 18.2 Å². The Kier molecular flexibility index (Phi) is 4.48. The maximum absolute atomic E-state index is 11.4. The zero-order valence-corrected chi connectivity index (χ0v) is 10.0. The summed E-state index contributed by atoms with van der Waals surface area (Å²) in [5.41, 5.74) is 0.897. The van der Waals surface area contributed by atoms with Crippen LogP contribution in [0.3, 0.4) is 0 Å². The number of benzene rings is 1. The molecule has 1 aromatic carbocycles. The fraction of sp³-hybridized carbons (Fsp3) is 0.273. The van der Waals surface area contributed by atoms with E-state index in [9.17, 15) is 9.59 Å². The van der Waals surface area contributed by atoms with Crippen LogP contribution in [0.4, 0.5) is 5.69 Å². The van der Waals surface area contributed by atoms with Crippen LogP contribution in [0, 0.1) is 0 Å². The number of Topliss-reactive ketones (excluding diaryl/α,β-unsaturated/α-hetero) is 1. The molecule has 2 rings (SSSR count). The number of carbonyl (C=O) groups is 2. The molecule has 0 spiro atoms. The minimum Gasteiger partial charge on any atom is -0.491 e. The van der Waals surface area contributed by atoms with Gasteiger partial charge in [0.1, 0.15) is 12.4 Å². The van der Waals surface area contributed by atoms with Gasteiger partial charge < -0.3 is 14.8 Å². The van der Waals surface area contributed by atoms with Crippen molar-refractivity contribution < 1.29 is 19.1 Å². The van der Waals surface area contributed by atoms with Crippen molar-refractivity contribution in [2.75, 3.05) is 25.6 Å². The maximum Gasteiger partial charge on any atom is 0.296 e. The molecule has 0 bridgehead atoms. The lowest BCUT2D eigenvalue weighted by Crippen LogP contribution is -2.12. The first kappa shape index (κ1) is 13.5. The zero-order valence-electron chi connectivity index (χ0n) is 9.19. The Hall–Kier alpha value is -1.59. The fourth-order valence-electron chi connectivity index (χ4n) is 1.45. The van der Waals surface area contributed by atoms with Gasteiger partial charge in [0.15, 0.2) is 0 Å². The molecule has 0 radical (unpaired) electrons. The number of ketones is 1. The molecule has 1 amide bonds. The molecule has 0 aliphatic carbocycles. The van der Waals surface area contributed by atoms with Gasteiger partial charge in [-0.3, -0.25) is 9.59 Å². The van der Waals surface area contributed by atoms with E-state index in [1.165, 1.54) is 0 Å². The highest BCUT2D eigenvalue weighted by atomic mass is 35.5. The molecule has 0 fully saturated rings. The van der Waals surface area contributed by atoms with Crippen LogP contribution < -0.4 is 10.1 Å². The first-order chi connectivity index (χ1) is 7.72. The number of methoxy groups -OCH3 is 1. The predicted octanol–water partition coefficient (Wildman–Crippen LogP) is 1.27. The van der Waals surface area contributed by atoms with E-state index in [0.717, 1.165) is 0 Å². The van der Waals surface area contributed by atoms with Gasteiger partial charge in [-0.2, -0.15) is 0 Å². The Morgan fingerprint density at radius 1 is 1.24 bits per heavy atom. The summed E-state index contributed by atoms with van der Waals surface area (Å²) in [7, 11) is 1.58. The molecule has 92 valence electrons. The number of hydrogen-bond donors (Lipinski definition) is 1. The van der Waals surface area contributed by atoms with Gasteiger partial charge in [-0.15, -0.1) is 12.4 Å². The number of hydrogen-bond acceptors (Lipinski definition) is 4. The highest BCUT2D eigenvalue weighted by Crippen LogP contribution is 2.27. The smallest absolute Gasteiger partial charge is 0.296 e. The Morgan fingerprint density at radius 3 is 2.71 bits per heavy atom. The van der Waals surface area contributed by atoms with Gasteiger partial charge in [0, 0.05) is 7.11 Å². The lowest BCUT2D eigenvalue weighted by molar-refractivity contribution is -0.112. The van der Waals surface area contributed by atoms with Crippen molar-refractivity contribution in [1.29, 1.82) is 0 Å². The van der Waals surface area contributed by atoms with E-state index in [4.69, 9.17) is 9.47 Å². The van der Waals surface area contributed by atoms with Crippen LogP contribution in [0.2, 0.25) is 0 Å². The van der Waals surface area contributed by atoms with Crippen molar-refractivity contribution in [3.63, 3.8) is 0 Å². The summed E-state index contributed by atoms with van der Waals surface area (Å²) in [6, 6.07) is 4.92. The van der Waals surface area contributed by atoms with Crippen LogP contribution in [0.1, 0.15) is 10.4 Å². The van der Waals surface area contributed by atoms with E-state index in [0.29, 0.717) is 30.2 Å². The van der Waals surface area contributed by atoms with Crippen LogP contribution in [0.5, 0.6) is 5.75 Å². The van der Waals surface area contributed by atoms with Gasteiger partial charge >= 0.3 is 0 Å². The third-order valence-corrected chi connectivity index (χ3v) is 2.25. The normalized spacial score (nSPS) is 12.8. The average molecular weight is 258 g/mol. The number of carbonyl (C=O) groups excluding carboxylic acids is 2. The van der Waals surface area contributed by atoms with E-state index < -0.39 is 11.7 Å². The quantitative estimate of drug-likeness (QED) is 0.652. The molecular formula is C11H12ClNO4. The second kappa shape index (κ2) is 5.65. The number of amides is 1. The molecule has 0 saturated heterocycles. The van der Waals surface area contributed by atoms with Crippen molar-refractivity contribution >= 4 is 29.8 Å². The average Bonchev–Trinajstić information content (AvgIpc) is 2.56. The highest BCUT2D eigenvalue weighted by Gasteiger charge is 2.28. The summed E-state index contributed by atoms with van der Waals surface area (Å²) in [4.78, 5) is 22.5.